The van der Waals surface area contributed by atoms with Crippen LogP contribution >= 0.6 is 12.2 Å². The second-order valence-electron chi connectivity index (χ2n) is 4.41. The summed E-state index contributed by atoms with van der Waals surface area (Å²) in [6.07, 6.45) is 0. The molecule has 0 bridgehead atoms. The second kappa shape index (κ2) is 6.31. The molecule has 1 aromatic carbocycles. The van der Waals surface area contributed by atoms with Gasteiger partial charge in [0, 0.05) is 17.8 Å². The summed E-state index contributed by atoms with van der Waals surface area (Å²) in [5, 5.41) is 16.8. The average molecular weight is 307 g/mol. The molecular formula is C13H13N3O4S. The largest absolute Gasteiger partial charge is 0.457 e. The summed E-state index contributed by atoms with van der Waals surface area (Å²) < 4.78 is 5.17. The van der Waals surface area contributed by atoms with Crippen molar-refractivity contribution >= 4 is 29.0 Å². The number of rotatable bonds is 4. The fourth-order valence-electron chi connectivity index (χ4n) is 1.81. The van der Waals surface area contributed by atoms with Crippen LogP contribution in [-0.2, 0) is 16.1 Å². The van der Waals surface area contributed by atoms with E-state index in [1.807, 2.05) is 0 Å². The van der Waals surface area contributed by atoms with Gasteiger partial charge in [0.05, 0.1) is 17.0 Å². The van der Waals surface area contributed by atoms with Crippen molar-refractivity contribution in [2.45, 2.75) is 13.5 Å². The van der Waals surface area contributed by atoms with E-state index in [0.717, 1.165) is 0 Å². The maximum Gasteiger partial charge on any atom is 0.337 e. The van der Waals surface area contributed by atoms with Crippen LogP contribution in [0.5, 0.6) is 0 Å². The highest BCUT2D eigenvalue weighted by Gasteiger charge is 2.19. The molecule has 7 nitrogen and oxygen atoms in total. The Kier molecular flexibility index (Phi) is 4.49. The molecule has 110 valence electrons. The standard InChI is InChI=1S/C13H13N3O4S/c1-8-11(6-14-13(21)15-8)12(17)20-7-9-3-2-4-10(5-9)16(18)19/h2-5H,6-7H2,1H3,(H2,14,15,21). The van der Waals surface area contributed by atoms with Gasteiger partial charge in [-0.3, -0.25) is 10.1 Å². The molecule has 8 heteroatoms. The molecule has 1 heterocycles. The van der Waals surface area contributed by atoms with Gasteiger partial charge < -0.3 is 15.4 Å². The smallest absolute Gasteiger partial charge is 0.337 e. The van der Waals surface area contributed by atoms with Gasteiger partial charge in [-0.15, -0.1) is 0 Å². The number of ether oxygens (including phenoxy) is 1. The highest BCUT2D eigenvalue weighted by molar-refractivity contribution is 7.80. The number of nitrogens with zero attached hydrogens (tertiary/aromatic N) is 1. The molecule has 0 saturated carbocycles. The van der Waals surface area contributed by atoms with E-state index in [1.165, 1.54) is 12.1 Å². The molecule has 0 spiro atoms. The van der Waals surface area contributed by atoms with Crippen molar-refractivity contribution in [3.8, 4) is 0 Å². The molecule has 1 aliphatic heterocycles. The first kappa shape index (κ1) is 14.9. The molecule has 0 amide bonds. The van der Waals surface area contributed by atoms with E-state index in [1.54, 1.807) is 19.1 Å². The predicted octanol–water partition coefficient (Wildman–Crippen LogP) is 1.39. The summed E-state index contributed by atoms with van der Waals surface area (Å²) in [6.45, 7) is 2.00. The number of carbonyl (C=O) groups excluding carboxylic acids is 1. The summed E-state index contributed by atoms with van der Waals surface area (Å²) in [5.41, 5.74) is 1.62. The number of thiocarbonyl (C=S) groups is 1. The summed E-state index contributed by atoms with van der Waals surface area (Å²) in [5.74, 6) is -0.485. The number of hydrogen-bond donors (Lipinski definition) is 2. The van der Waals surface area contributed by atoms with E-state index in [0.29, 0.717) is 28.5 Å². The first-order chi connectivity index (χ1) is 9.97. The van der Waals surface area contributed by atoms with Gasteiger partial charge in [-0.25, -0.2) is 4.79 Å². The molecule has 2 N–H and O–H groups in total. The SMILES string of the molecule is CC1=C(C(=O)OCc2cccc([N+](=O)[O-])c2)CNC(=S)N1. The lowest BCUT2D eigenvalue weighted by atomic mass is 10.2. The Morgan fingerprint density at radius 2 is 2.29 bits per heavy atom. The van der Waals surface area contributed by atoms with Gasteiger partial charge in [0.2, 0.25) is 0 Å². The van der Waals surface area contributed by atoms with Crippen LogP contribution in [-0.4, -0.2) is 22.5 Å². The molecule has 0 unspecified atom stereocenters. The maximum absolute atomic E-state index is 12.0. The number of carbonyl (C=O) groups is 1. The average Bonchev–Trinajstić information content (AvgIpc) is 2.45. The molecule has 2 rings (SSSR count). The summed E-state index contributed by atoms with van der Waals surface area (Å²) >= 11 is 4.93. The maximum atomic E-state index is 12.0. The molecule has 0 radical (unpaired) electrons. The zero-order valence-corrected chi connectivity index (χ0v) is 12.0. The molecule has 0 atom stereocenters. The lowest BCUT2D eigenvalue weighted by Gasteiger charge is -2.20. The molecule has 0 fully saturated rings. The lowest BCUT2D eigenvalue weighted by molar-refractivity contribution is -0.384. The first-order valence-corrected chi connectivity index (χ1v) is 6.53. The number of nitro groups is 1. The third-order valence-electron chi connectivity index (χ3n) is 2.92. The van der Waals surface area contributed by atoms with E-state index in [-0.39, 0.29) is 12.3 Å². The van der Waals surface area contributed by atoms with Gasteiger partial charge >= 0.3 is 5.97 Å². The number of nitrogens with one attached hydrogen (secondary N) is 2. The fraction of sp³-hybridized carbons (Fsp3) is 0.231. The van der Waals surface area contributed by atoms with Crippen molar-refractivity contribution in [1.29, 1.82) is 0 Å². The minimum Gasteiger partial charge on any atom is -0.457 e. The van der Waals surface area contributed by atoms with E-state index < -0.39 is 10.9 Å². The Balaban J connectivity index is 2.01. The number of non-ortho nitro benzene ring substituents is 1. The van der Waals surface area contributed by atoms with Gasteiger partial charge in [0.1, 0.15) is 6.61 Å². The third kappa shape index (κ3) is 3.76. The second-order valence-corrected chi connectivity index (χ2v) is 4.82. The molecular weight excluding hydrogens is 294 g/mol. The highest BCUT2D eigenvalue weighted by Crippen LogP contribution is 2.15. The van der Waals surface area contributed by atoms with E-state index in [9.17, 15) is 14.9 Å². The number of esters is 1. The summed E-state index contributed by atoms with van der Waals surface area (Å²) in [7, 11) is 0. The van der Waals surface area contributed by atoms with Crippen molar-refractivity contribution in [1.82, 2.24) is 10.6 Å². The van der Waals surface area contributed by atoms with Gasteiger partial charge in [0.25, 0.3) is 5.69 Å². The van der Waals surface area contributed by atoms with Crippen LogP contribution in [0, 0.1) is 10.1 Å². The van der Waals surface area contributed by atoms with Crippen LogP contribution < -0.4 is 10.6 Å². The molecule has 0 saturated heterocycles. The van der Waals surface area contributed by atoms with Gasteiger partial charge in [-0.1, -0.05) is 12.1 Å². The molecule has 1 aromatic rings. The van der Waals surface area contributed by atoms with Gasteiger partial charge in [-0.05, 0) is 24.7 Å². The zero-order valence-electron chi connectivity index (χ0n) is 11.2. The van der Waals surface area contributed by atoms with Crippen LogP contribution in [0.2, 0.25) is 0 Å². The Labute approximate surface area is 126 Å². The number of hydrogen-bond acceptors (Lipinski definition) is 5. The molecule has 1 aliphatic rings. The Bertz CT molecular complexity index is 642. The zero-order chi connectivity index (χ0) is 15.4. The van der Waals surface area contributed by atoms with Crippen LogP contribution in [0.25, 0.3) is 0 Å². The van der Waals surface area contributed by atoms with Gasteiger partial charge in [-0.2, -0.15) is 0 Å². The number of allylic oxidation sites excluding steroid dienone is 1. The topological polar surface area (TPSA) is 93.5 Å². The fourth-order valence-corrected chi connectivity index (χ4v) is 2.04. The highest BCUT2D eigenvalue weighted by atomic mass is 32.1. The minimum absolute atomic E-state index is 0.0261. The normalized spacial score (nSPS) is 14.2. The van der Waals surface area contributed by atoms with E-state index in [2.05, 4.69) is 10.6 Å². The van der Waals surface area contributed by atoms with Gasteiger partial charge in [0.15, 0.2) is 5.11 Å². The Morgan fingerprint density at radius 3 is 2.95 bits per heavy atom. The Morgan fingerprint density at radius 1 is 1.52 bits per heavy atom. The lowest BCUT2D eigenvalue weighted by Crippen LogP contribution is -2.42. The number of nitro benzene ring substituents is 1. The van der Waals surface area contributed by atoms with Crippen LogP contribution in [0.3, 0.4) is 0 Å². The predicted molar refractivity (Wildman–Crippen MR) is 79.3 cm³/mol. The molecule has 21 heavy (non-hydrogen) atoms. The third-order valence-corrected chi connectivity index (χ3v) is 3.16. The van der Waals surface area contributed by atoms with Crippen LogP contribution in [0.15, 0.2) is 35.5 Å². The van der Waals surface area contributed by atoms with Crippen molar-refractivity contribution < 1.29 is 14.5 Å². The van der Waals surface area contributed by atoms with Crippen molar-refractivity contribution in [2.75, 3.05) is 6.54 Å². The first-order valence-electron chi connectivity index (χ1n) is 6.12. The molecule has 0 aromatic heterocycles. The number of benzene rings is 1. The molecule has 0 aliphatic carbocycles. The summed E-state index contributed by atoms with van der Waals surface area (Å²) in [6, 6.07) is 5.97. The van der Waals surface area contributed by atoms with Crippen molar-refractivity contribution in [2.24, 2.45) is 0 Å². The van der Waals surface area contributed by atoms with E-state index in [4.69, 9.17) is 17.0 Å². The quantitative estimate of drug-likeness (QED) is 0.376. The van der Waals surface area contributed by atoms with E-state index >= 15 is 0 Å². The van der Waals surface area contributed by atoms with Crippen LogP contribution in [0.4, 0.5) is 5.69 Å². The van der Waals surface area contributed by atoms with Crippen molar-refractivity contribution in [3.05, 3.63) is 51.2 Å². The Hall–Kier alpha value is -2.48. The monoisotopic (exact) mass is 307 g/mol. The minimum atomic E-state index is -0.492. The van der Waals surface area contributed by atoms with Crippen LogP contribution in [0.1, 0.15) is 12.5 Å². The van der Waals surface area contributed by atoms with Crippen molar-refractivity contribution in [3.63, 3.8) is 0 Å². The summed E-state index contributed by atoms with van der Waals surface area (Å²) in [4.78, 5) is 22.2.